The summed E-state index contributed by atoms with van der Waals surface area (Å²) in [6, 6.07) is 9.17. The van der Waals surface area contributed by atoms with Gasteiger partial charge < -0.3 is 14.8 Å². The number of hydrogen-bond donors (Lipinski definition) is 2. The van der Waals surface area contributed by atoms with E-state index >= 15 is 0 Å². The lowest BCUT2D eigenvalue weighted by molar-refractivity contribution is -0.136. The number of fused-ring (bicyclic) bond motifs is 1. The standard InChI is InChI=1S/C18H16Br2N2O3/c1-9(2)18-21-14-4-3-11(8-15(14)22-18)25-17-12(19)5-10(6-13(17)20)7-16(23)24/h3-6,8-9H,7H2,1-2H3,(H,21,22)(H,23,24). The van der Waals surface area contributed by atoms with Gasteiger partial charge in [-0.15, -0.1) is 0 Å². The van der Waals surface area contributed by atoms with Crippen LogP contribution >= 0.6 is 31.9 Å². The molecular formula is C18H16Br2N2O3. The van der Waals surface area contributed by atoms with E-state index in [-0.39, 0.29) is 6.42 Å². The SMILES string of the molecule is CC(C)c1nc2ccc(Oc3c(Br)cc(CC(=O)O)cc3Br)cc2[nH]1. The molecule has 0 aliphatic carbocycles. The second-order valence-corrected chi connectivity index (χ2v) is 7.73. The van der Waals surface area contributed by atoms with Gasteiger partial charge in [0.2, 0.25) is 0 Å². The van der Waals surface area contributed by atoms with Gasteiger partial charge in [0.15, 0.2) is 5.75 Å². The smallest absolute Gasteiger partial charge is 0.307 e. The molecular weight excluding hydrogens is 452 g/mol. The normalized spacial score (nSPS) is 11.2. The molecule has 3 rings (SSSR count). The summed E-state index contributed by atoms with van der Waals surface area (Å²) in [6.07, 6.45) is -0.0461. The summed E-state index contributed by atoms with van der Waals surface area (Å²) in [4.78, 5) is 18.7. The van der Waals surface area contributed by atoms with Crippen LogP contribution in [-0.2, 0) is 11.2 Å². The zero-order chi connectivity index (χ0) is 18.1. The van der Waals surface area contributed by atoms with E-state index in [0.29, 0.717) is 31.9 Å². The van der Waals surface area contributed by atoms with Gasteiger partial charge in [0, 0.05) is 12.0 Å². The average Bonchev–Trinajstić information content (AvgIpc) is 2.94. The molecule has 25 heavy (non-hydrogen) atoms. The second-order valence-electron chi connectivity index (χ2n) is 6.02. The van der Waals surface area contributed by atoms with Gasteiger partial charge in [-0.25, -0.2) is 4.98 Å². The molecule has 0 aliphatic heterocycles. The maximum absolute atomic E-state index is 10.9. The Labute approximate surface area is 161 Å². The van der Waals surface area contributed by atoms with Gasteiger partial charge in [-0.05, 0) is 61.7 Å². The van der Waals surface area contributed by atoms with E-state index in [1.165, 1.54) is 0 Å². The predicted molar refractivity (Wildman–Crippen MR) is 103 cm³/mol. The molecule has 0 fully saturated rings. The minimum absolute atomic E-state index is 0.0461. The predicted octanol–water partition coefficient (Wildman–Crippen LogP) is 5.63. The topological polar surface area (TPSA) is 75.2 Å². The molecule has 0 aliphatic rings. The Kier molecular flexibility index (Phi) is 5.15. The fraction of sp³-hybridized carbons (Fsp3) is 0.222. The van der Waals surface area contributed by atoms with Gasteiger partial charge in [0.25, 0.3) is 0 Å². The van der Waals surface area contributed by atoms with Crippen molar-refractivity contribution in [3.63, 3.8) is 0 Å². The van der Waals surface area contributed by atoms with Crippen LogP contribution in [-0.4, -0.2) is 21.0 Å². The van der Waals surface area contributed by atoms with Crippen LogP contribution in [0.25, 0.3) is 11.0 Å². The summed E-state index contributed by atoms with van der Waals surface area (Å²) in [5.74, 6) is 1.64. The van der Waals surface area contributed by atoms with E-state index in [1.54, 1.807) is 12.1 Å². The number of carbonyl (C=O) groups is 1. The molecule has 0 radical (unpaired) electrons. The molecule has 5 nitrogen and oxygen atoms in total. The lowest BCUT2D eigenvalue weighted by Crippen LogP contribution is -2.00. The Bertz CT molecular complexity index is 928. The fourth-order valence-corrected chi connectivity index (χ4v) is 3.89. The molecule has 0 saturated carbocycles. The van der Waals surface area contributed by atoms with Crippen molar-refractivity contribution in [3.05, 3.63) is 50.7 Å². The Hall–Kier alpha value is -1.86. The van der Waals surface area contributed by atoms with Crippen LogP contribution in [0, 0.1) is 0 Å². The summed E-state index contributed by atoms with van der Waals surface area (Å²) in [6.45, 7) is 4.17. The Morgan fingerprint density at radius 2 is 1.92 bits per heavy atom. The van der Waals surface area contributed by atoms with Crippen molar-refractivity contribution in [2.45, 2.75) is 26.2 Å². The number of H-pyrrole nitrogens is 1. The number of imidazole rings is 1. The number of nitrogens with zero attached hydrogens (tertiary/aromatic N) is 1. The van der Waals surface area contributed by atoms with Crippen molar-refractivity contribution in [2.24, 2.45) is 0 Å². The highest BCUT2D eigenvalue weighted by Gasteiger charge is 2.13. The molecule has 0 bridgehead atoms. The van der Waals surface area contributed by atoms with Gasteiger partial charge in [-0.3, -0.25) is 4.79 Å². The van der Waals surface area contributed by atoms with Gasteiger partial charge in [0.05, 0.1) is 26.4 Å². The summed E-state index contributed by atoms with van der Waals surface area (Å²) in [5, 5.41) is 8.92. The maximum Gasteiger partial charge on any atom is 0.307 e. The van der Waals surface area contributed by atoms with E-state index in [1.807, 2.05) is 18.2 Å². The van der Waals surface area contributed by atoms with Crippen molar-refractivity contribution in [3.8, 4) is 11.5 Å². The Morgan fingerprint density at radius 3 is 2.52 bits per heavy atom. The number of rotatable bonds is 5. The minimum atomic E-state index is -0.877. The van der Waals surface area contributed by atoms with Crippen molar-refractivity contribution in [1.29, 1.82) is 0 Å². The Balaban J connectivity index is 1.91. The maximum atomic E-state index is 10.9. The van der Waals surface area contributed by atoms with Crippen LogP contribution in [0.5, 0.6) is 11.5 Å². The summed E-state index contributed by atoms with van der Waals surface area (Å²) < 4.78 is 7.36. The highest BCUT2D eigenvalue weighted by Crippen LogP contribution is 2.38. The number of carboxylic acid groups (broad SMARTS) is 1. The molecule has 0 saturated heterocycles. The third-order valence-electron chi connectivity index (χ3n) is 3.65. The van der Waals surface area contributed by atoms with E-state index in [0.717, 1.165) is 16.9 Å². The monoisotopic (exact) mass is 466 g/mol. The van der Waals surface area contributed by atoms with Crippen LogP contribution < -0.4 is 4.74 Å². The molecule has 1 aromatic heterocycles. The first-order valence-corrected chi connectivity index (χ1v) is 9.29. The van der Waals surface area contributed by atoms with Crippen LogP contribution in [0.4, 0.5) is 0 Å². The largest absolute Gasteiger partial charge is 0.481 e. The molecule has 0 unspecified atom stereocenters. The number of aromatic nitrogens is 2. The first kappa shape index (κ1) is 17.9. The van der Waals surface area contributed by atoms with Crippen LogP contribution in [0.15, 0.2) is 39.3 Å². The van der Waals surface area contributed by atoms with Crippen LogP contribution in [0.2, 0.25) is 0 Å². The summed E-state index contributed by atoms with van der Waals surface area (Å²) in [5.41, 5.74) is 2.49. The van der Waals surface area contributed by atoms with Crippen molar-refractivity contribution in [2.75, 3.05) is 0 Å². The first-order chi connectivity index (χ1) is 11.8. The van der Waals surface area contributed by atoms with Crippen LogP contribution in [0.1, 0.15) is 31.2 Å². The first-order valence-electron chi connectivity index (χ1n) is 7.70. The number of hydrogen-bond acceptors (Lipinski definition) is 3. The van der Waals surface area contributed by atoms with Gasteiger partial charge in [0.1, 0.15) is 11.6 Å². The zero-order valence-electron chi connectivity index (χ0n) is 13.6. The van der Waals surface area contributed by atoms with E-state index in [4.69, 9.17) is 9.84 Å². The fourth-order valence-electron chi connectivity index (χ4n) is 2.45. The molecule has 1 heterocycles. The van der Waals surface area contributed by atoms with Gasteiger partial charge in [-0.2, -0.15) is 0 Å². The molecule has 7 heteroatoms. The van der Waals surface area contributed by atoms with Gasteiger partial charge in [-0.1, -0.05) is 13.8 Å². The van der Waals surface area contributed by atoms with E-state index in [2.05, 4.69) is 55.7 Å². The highest BCUT2D eigenvalue weighted by atomic mass is 79.9. The molecule has 2 N–H and O–H groups in total. The molecule has 2 aromatic carbocycles. The minimum Gasteiger partial charge on any atom is -0.481 e. The van der Waals surface area contributed by atoms with Crippen molar-refractivity contribution >= 4 is 48.9 Å². The number of aliphatic carboxylic acids is 1. The van der Waals surface area contributed by atoms with E-state index < -0.39 is 5.97 Å². The lowest BCUT2D eigenvalue weighted by atomic mass is 10.1. The second kappa shape index (κ2) is 7.17. The number of ether oxygens (including phenoxy) is 1. The number of aromatic amines is 1. The van der Waals surface area contributed by atoms with Crippen molar-refractivity contribution in [1.82, 2.24) is 9.97 Å². The lowest BCUT2D eigenvalue weighted by Gasteiger charge is -2.11. The number of halogens is 2. The number of nitrogens with one attached hydrogen (secondary N) is 1. The molecule has 0 amide bonds. The Morgan fingerprint density at radius 1 is 1.24 bits per heavy atom. The summed E-state index contributed by atoms with van der Waals surface area (Å²) in [7, 11) is 0. The average molecular weight is 468 g/mol. The zero-order valence-corrected chi connectivity index (χ0v) is 16.8. The molecule has 3 aromatic rings. The third kappa shape index (κ3) is 4.04. The van der Waals surface area contributed by atoms with Gasteiger partial charge >= 0.3 is 5.97 Å². The quantitative estimate of drug-likeness (QED) is 0.509. The van der Waals surface area contributed by atoms with E-state index in [9.17, 15) is 4.79 Å². The molecule has 130 valence electrons. The number of benzene rings is 2. The molecule has 0 spiro atoms. The van der Waals surface area contributed by atoms with Crippen molar-refractivity contribution < 1.29 is 14.6 Å². The number of carboxylic acids is 1. The molecule has 0 atom stereocenters. The third-order valence-corrected chi connectivity index (χ3v) is 4.83. The highest BCUT2D eigenvalue weighted by molar-refractivity contribution is 9.11. The summed E-state index contributed by atoms with van der Waals surface area (Å²) >= 11 is 6.90. The van der Waals surface area contributed by atoms with Crippen LogP contribution in [0.3, 0.4) is 0 Å².